The summed E-state index contributed by atoms with van der Waals surface area (Å²) in [4.78, 5) is 13.1. The molecule has 7 heteroatoms. The summed E-state index contributed by atoms with van der Waals surface area (Å²) in [6.07, 6.45) is -0.583. The Morgan fingerprint density at radius 1 is 1.20 bits per heavy atom. The number of benzene rings is 1. The van der Waals surface area contributed by atoms with Crippen molar-refractivity contribution in [2.45, 2.75) is 43.4 Å². The normalized spacial score (nSPS) is 13.0. The maximum Gasteiger partial charge on any atom is 0.224 e. The number of rotatable bonds is 7. The lowest BCUT2D eigenvalue weighted by atomic mass is 10.1. The van der Waals surface area contributed by atoms with E-state index in [1.165, 1.54) is 23.5 Å². The number of thiophene rings is 1. The number of nitrogens with one attached hydrogen (secondary N) is 1. The average molecular weight is 382 g/mol. The van der Waals surface area contributed by atoms with Crippen molar-refractivity contribution < 1.29 is 18.3 Å². The molecule has 0 saturated carbocycles. The van der Waals surface area contributed by atoms with Gasteiger partial charge in [0.1, 0.15) is 6.10 Å². The number of carbonyl (C=O) groups is 1. The van der Waals surface area contributed by atoms with E-state index in [4.69, 9.17) is 0 Å². The van der Waals surface area contributed by atoms with Crippen molar-refractivity contribution in [3.63, 3.8) is 0 Å². The van der Waals surface area contributed by atoms with Gasteiger partial charge in [0.2, 0.25) is 5.91 Å². The molecule has 1 aromatic heterocycles. The zero-order chi connectivity index (χ0) is 18.6. The van der Waals surface area contributed by atoms with E-state index < -0.39 is 21.2 Å². The Kier molecular flexibility index (Phi) is 6.37. The van der Waals surface area contributed by atoms with Crippen LogP contribution in [0.1, 0.15) is 36.0 Å². The number of hydrogen-bond donors (Lipinski definition) is 2. The van der Waals surface area contributed by atoms with Gasteiger partial charge in [-0.05, 0) is 55.5 Å². The molecule has 2 N–H and O–H groups in total. The second-order valence-electron chi connectivity index (χ2n) is 6.20. The second-order valence-corrected chi connectivity index (χ2v) is 9.65. The van der Waals surface area contributed by atoms with Crippen LogP contribution < -0.4 is 5.32 Å². The van der Waals surface area contributed by atoms with Crippen molar-refractivity contribution in [3.05, 3.63) is 51.7 Å². The molecule has 25 heavy (non-hydrogen) atoms. The molecule has 2 aromatic rings. The highest BCUT2D eigenvalue weighted by molar-refractivity contribution is 7.92. The Bertz CT molecular complexity index is 823. The fourth-order valence-electron chi connectivity index (χ4n) is 2.35. The fourth-order valence-corrected chi connectivity index (χ4v) is 4.32. The van der Waals surface area contributed by atoms with Crippen LogP contribution in [0.25, 0.3) is 0 Å². The van der Waals surface area contributed by atoms with E-state index in [-0.39, 0.29) is 23.8 Å². The van der Waals surface area contributed by atoms with Gasteiger partial charge in [-0.25, -0.2) is 8.42 Å². The molecule has 0 radical (unpaired) electrons. The molecular weight excluding hydrogens is 358 g/mol. The van der Waals surface area contributed by atoms with Crippen LogP contribution in [0.15, 0.2) is 40.6 Å². The topological polar surface area (TPSA) is 83.5 Å². The summed E-state index contributed by atoms with van der Waals surface area (Å²) in [5, 5.41) is 14.2. The van der Waals surface area contributed by atoms with E-state index in [1.54, 1.807) is 26.0 Å². The van der Waals surface area contributed by atoms with Crippen LogP contribution in [0.2, 0.25) is 0 Å². The standard InChI is InChI=1S/C18H23NO4S2/c1-12(2)25(22,23)15-6-4-14(5-7-15)10-17(21)19-11-16(20)18-13(3)8-9-24-18/h4-9,12,16,20H,10-11H2,1-3H3,(H,19,21)/t16-/m0/s1. The highest BCUT2D eigenvalue weighted by atomic mass is 32.2. The monoisotopic (exact) mass is 381 g/mol. The maximum absolute atomic E-state index is 12.1. The first-order valence-electron chi connectivity index (χ1n) is 8.03. The predicted octanol–water partition coefficient (Wildman–Crippen LogP) is 2.63. The smallest absolute Gasteiger partial charge is 0.224 e. The second kappa shape index (κ2) is 8.12. The summed E-state index contributed by atoms with van der Waals surface area (Å²) in [7, 11) is -3.31. The highest BCUT2D eigenvalue weighted by Gasteiger charge is 2.19. The van der Waals surface area contributed by atoms with Crippen LogP contribution in [0.3, 0.4) is 0 Å². The third-order valence-electron chi connectivity index (χ3n) is 3.93. The molecule has 1 aromatic carbocycles. The first-order valence-corrected chi connectivity index (χ1v) is 10.5. The molecule has 0 aliphatic heterocycles. The van der Waals surface area contributed by atoms with Crippen LogP contribution >= 0.6 is 11.3 Å². The highest BCUT2D eigenvalue weighted by Crippen LogP contribution is 2.23. The van der Waals surface area contributed by atoms with Crippen molar-refractivity contribution in [3.8, 4) is 0 Å². The first-order chi connectivity index (χ1) is 11.7. The Morgan fingerprint density at radius 3 is 2.36 bits per heavy atom. The molecule has 1 heterocycles. The van der Waals surface area contributed by atoms with Gasteiger partial charge in [0.05, 0.1) is 16.6 Å². The van der Waals surface area contributed by atoms with Gasteiger partial charge in [0.15, 0.2) is 9.84 Å². The summed E-state index contributed by atoms with van der Waals surface area (Å²) in [5.74, 6) is -0.215. The summed E-state index contributed by atoms with van der Waals surface area (Å²) in [6.45, 7) is 5.35. The van der Waals surface area contributed by atoms with Gasteiger partial charge in [0.25, 0.3) is 0 Å². The molecule has 0 fully saturated rings. The predicted molar refractivity (Wildman–Crippen MR) is 99.5 cm³/mol. The van der Waals surface area contributed by atoms with Crippen LogP contribution in [0.4, 0.5) is 0 Å². The zero-order valence-corrected chi connectivity index (χ0v) is 16.2. The third-order valence-corrected chi connectivity index (χ3v) is 7.22. The first kappa shape index (κ1) is 19.6. The number of carbonyl (C=O) groups excluding carboxylic acids is 1. The summed E-state index contributed by atoms with van der Waals surface area (Å²) >= 11 is 1.46. The zero-order valence-electron chi connectivity index (χ0n) is 14.5. The molecule has 1 amide bonds. The number of amides is 1. The molecule has 0 saturated heterocycles. The van der Waals surface area contributed by atoms with Crippen molar-refractivity contribution in [1.29, 1.82) is 0 Å². The van der Waals surface area contributed by atoms with Crippen LogP contribution in [0.5, 0.6) is 0 Å². The molecule has 5 nitrogen and oxygen atoms in total. The van der Waals surface area contributed by atoms with Gasteiger partial charge in [-0.1, -0.05) is 12.1 Å². The van der Waals surface area contributed by atoms with E-state index in [1.807, 2.05) is 18.4 Å². The van der Waals surface area contributed by atoms with Gasteiger partial charge < -0.3 is 10.4 Å². The lowest BCUT2D eigenvalue weighted by molar-refractivity contribution is -0.120. The largest absolute Gasteiger partial charge is 0.386 e. The van der Waals surface area contributed by atoms with Crippen molar-refractivity contribution in [2.75, 3.05) is 6.54 Å². The van der Waals surface area contributed by atoms with E-state index >= 15 is 0 Å². The number of aryl methyl sites for hydroxylation is 1. The lowest BCUT2D eigenvalue weighted by Gasteiger charge is -2.12. The average Bonchev–Trinajstić information content (AvgIpc) is 2.99. The molecule has 1 atom stereocenters. The maximum atomic E-state index is 12.1. The van der Waals surface area contributed by atoms with Crippen LogP contribution in [-0.2, 0) is 21.1 Å². The lowest BCUT2D eigenvalue weighted by Crippen LogP contribution is -2.29. The number of aliphatic hydroxyl groups is 1. The Labute approximate surface area is 152 Å². The minimum absolute atomic E-state index is 0.137. The third kappa shape index (κ3) is 4.90. The number of sulfone groups is 1. The van der Waals surface area contributed by atoms with Gasteiger partial charge in [0, 0.05) is 11.4 Å². The minimum atomic E-state index is -3.31. The molecule has 0 unspecified atom stereocenters. The van der Waals surface area contributed by atoms with Crippen molar-refractivity contribution >= 4 is 27.1 Å². The molecule has 0 aliphatic carbocycles. The molecule has 0 bridgehead atoms. The molecule has 2 rings (SSSR count). The van der Waals surface area contributed by atoms with E-state index in [9.17, 15) is 18.3 Å². The molecular formula is C18H23NO4S2. The van der Waals surface area contributed by atoms with Crippen molar-refractivity contribution in [2.24, 2.45) is 0 Å². The van der Waals surface area contributed by atoms with Crippen LogP contribution in [-0.4, -0.2) is 31.2 Å². The van der Waals surface area contributed by atoms with Gasteiger partial charge in [-0.15, -0.1) is 11.3 Å². The number of hydrogen-bond acceptors (Lipinski definition) is 5. The van der Waals surface area contributed by atoms with Crippen LogP contribution in [0, 0.1) is 6.92 Å². The summed E-state index contributed by atoms with van der Waals surface area (Å²) < 4.78 is 24.2. The van der Waals surface area contributed by atoms with Gasteiger partial charge in [-0.3, -0.25) is 4.79 Å². The van der Waals surface area contributed by atoms with E-state index in [2.05, 4.69) is 5.32 Å². The Morgan fingerprint density at radius 2 is 1.84 bits per heavy atom. The Balaban J connectivity index is 1.92. The summed E-state index contributed by atoms with van der Waals surface area (Å²) in [6, 6.07) is 8.28. The Hall–Kier alpha value is -1.70. The molecule has 0 aliphatic rings. The van der Waals surface area contributed by atoms with Gasteiger partial charge >= 0.3 is 0 Å². The quantitative estimate of drug-likeness (QED) is 0.772. The SMILES string of the molecule is Cc1ccsc1[C@@H](O)CNC(=O)Cc1ccc(S(=O)(=O)C(C)C)cc1. The minimum Gasteiger partial charge on any atom is -0.386 e. The van der Waals surface area contributed by atoms with E-state index in [0.29, 0.717) is 0 Å². The fraction of sp³-hybridized carbons (Fsp3) is 0.389. The molecule has 0 spiro atoms. The summed E-state index contributed by atoms with van der Waals surface area (Å²) in [5.41, 5.74) is 1.73. The van der Waals surface area contributed by atoms with Gasteiger partial charge in [-0.2, -0.15) is 0 Å². The number of aliphatic hydroxyl groups excluding tert-OH is 1. The van der Waals surface area contributed by atoms with E-state index in [0.717, 1.165) is 16.0 Å². The van der Waals surface area contributed by atoms with Crippen molar-refractivity contribution in [1.82, 2.24) is 5.32 Å². The molecule has 136 valence electrons.